The van der Waals surface area contributed by atoms with Gasteiger partial charge in [0.25, 0.3) is 0 Å². The van der Waals surface area contributed by atoms with Gasteiger partial charge in [0, 0.05) is 17.8 Å². The summed E-state index contributed by atoms with van der Waals surface area (Å²) < 4.78 is 15.7. The van der Waals surface area contributed by atoms with Crippen molar-refractivity contribution in [2.24, 2.45) is 4.99 Å². The number of nitrogens with one attached hydrogen (secondary N) is 1. The molecule has 1 unspecified atom stereocenters. The van der Waals surface area contributed by atoms with Crippen molar-refractivity contribution in [3.63, 3.8) is 0 Å². The van der Waals surface area contributed by atoms with Crippen LogP contribution < -0.4 is 5.32 Å². The van der Waals surface area contributed by atoms with Crippen molar-refractivity contribution in [2.75, 3.05) is 19.7 Å². The zero-order valence-electron chi connectivity index (χ0n) is 15.4. The highest BCUT2D eigenvalue weighted by Gasteiger charge is 2.29. The second kappa shape index (κ2) is 8.02. The molecule has 0 saturated carbocycles. The third kappa shape index (κ3) is 3.65. The largest absolute Gasteiger partial charge is 0.329 e. The molecule has 0 bridgehead atoms. The summed E-state index contributed by atoms with van der Waals surface area (Å²) in [7, 11) is 0. The number of halogens is 1. The molecule has 27 heavy (non-hydrogen) atoms. The zero-order valence-corrected chi connectivity index (χ0v) is 15.4. The van der Waals surface area contributed by atoms with Gasteiger partial charge in [0.15, 0.2) is 0 Å². The molecule has 0 spiro atoms. The lowest BCUT2D eigenvalue weighted by Crippen LogP contribution is -2.33. The standard InChI is InChI=1S/C20H24FN5O/c1-2-27-26-13-23-12-9-18(26)20-19(15-3-5-16(21)6-4-15)24-14-25(20)17-7-10-22-11-8-17/h3-6,9,12-14,17-18,22H,2,7-8,10-11H2,1H3. The van der Waals surface area contributed by atoms with Crippen LogP contribution in [0.25, 0.3) is 11.3 Å². The number of aromatic nitrogens is 2. The summed E-state index contributed by atoms with van der Waals surface area (Å²) in [4.78, 5) is 14.7. The van der Waals surface area contributed by atoms with Crippen molar-refractivity contribution in [1.29, 1.82) is 0 Å². The van der Waals surface area contributed by atoms with Crippen LogP contribution in [0.15, 0.2) is 47.9 Å². The van der Waals surface area contributed by atoms with Gasteiger partial charge in [-0.3, -0.25) is 4.84 Å². The topological polar surface area (TPSA) is 54.7 Å². The first-order valence-electron chi connectivity index (χ1n) is 9.42. The third-order valence-corrected chi connectivity index (χ3v) is 5.02. The average Bonchev–Trinajstić information content (AvgIpc) is 3.15. The Labute approximate surface area is 158 Å². The van der Waals surface area contributed by atoms with Gasteiger partial charge in [0.05, 0.1) is 24.3 Å². The van der Waals surface area contributed by atoms with E-state index < -0.39 is 0 Å². The second-order valence-electron chi connectivity index (χ2n) is 6.70. The zero-order chi connectivity index (χ0) is 18.6. The summed E-state index contributed by atoms with van der Waals surface area (Å²) in [6.45, 7) is 4.48. The van der Waals surface area contributed by atoms with Gasteiger partial charge in [0.2, 0.25) is 0 Å². The minimum absolute atomic E-state index is 0.139. The molecule has 2 aliphatic rings. The van der Waals surface area contributed by atoms with Crippen LogP contribution in [0, 0.1) is 5.82 Å². The molecule has 3 heterocycles. The van der Waals surface area contributed by atoms with Gasteiger partial charge in [-0.05, 0) is 63.2 Å². The van der Waals surface area contributed by atoms with Crippen LogP contribution in [0.5, 0.6) is 0 Å². The van der Waals surface area contributed by atoms with Crippen LogP contribution in [-0.4, -0.2) is 40.6 Å². The number of hydrogen-bond donors (Lipinski definition) is 1. The quantitative estimate of drug-likeness (QED) is 0.877. The van der Waals surface area contributed by atoms with Gasteiger partial charge in [0.1, 0.15) is 18.2 Å². The smallest absolute Gasteiger partial charge is 0.123 e. The Balaban J connectivity index is 1.80. The van der Waals surface area contributed by atoms with Crippen molar-refractivity contribution >= 4 is 6.34 Å². The molecule has 0 amide bonds. The van der Waals surface area contributed by atoms with Gasteiger partial charge in [-0.1, -0.05) is 0 Å². The molecule has 6 nitrogen and oxygen atoms in total. The van der Waals surface area contributed by atoms with E-state index in [4.69, 9.17) is 9.82 Å². The van der Waals surface area contributed by atoms with Crippen molar-refractivity contribution in [1.82, 2.24) is 19.9 Å². The minimum Gasteiger partial charge on any atom is -0.329 e. The van der Waals surface area contributed by atoms with Crippen LogP contribution in [0.4, 0.5) is 4.39 Å². The molecule has 1 atom stereocenters. The number of rotatable bonds is 5. The number of aliphatic imine (C=N–C) groups is 1. The van der Waals surface area contributed by atoms with E-state index in [-0.39, 0.29) is 11.9 Å². The fourth-order valence-corrected chi connectivity index (χ4v) is 3.74. The van der Waals surface area contributed by atoms with E-state index in [9.17, 15) is 4.39 Å². The summed E-state index contributed by atoms with van der Waals surface area (Å²) >= 11 is 0. The highest BCUT2D eigenvalue weighted by Crippen LogP contribution is 2.36. The van der Waals surface area contributed by atoms with Gasteiger partial charge in [-0.2, -0.15) is 0 Å². The Morgan fingerprint density at radius 3 is 2.74 bits per heavy atom. The molecule has 0 aliphatic carbocycles. The molecule has 2 aliphatic heterocycles. The average molecular weight is 369 g/mol. The maximum absolute atomic E-state index is 13.4. The highest BCUT2D eigenvalue weighted by molar-refractivity contribution is 5.65. The molecular formula is C20H24FN5O. The lowest BCUT2D eigenvalue weighted by molar-refractivity contribution is -0.111. The Hall–Kier alpha value is -2.51. The predicted molar refractivity (Wildman–Crippen MR) is 103 cm³/mol. The molecule has 142 valence electrons. The summed E-state index contributed by atoms with van der Waals surface area (Å²) in [5.74, 6) is -0.251. The Morgan fingerprint density at radius 2 is 2.00 bits per heavy atom. The fourth-order valence-electron chi connectivity index (χ4n) is 3.74. The molecule has 7 heteroatoms. The van der Waals surface area contributed by atoms with Crippen LogP contribution in [0.2, 0.25) is 0 Å². The summed E-state index contributed by atoms with van der Waals surface area (Å²) in [6, 6.07) is 6.74. The molecule has 1 N–H and O–H groups in total. The highest BCUT2D eigenvalue weighted by atomic mass is 19.1. The van der Waals surface area contributed by atoms with E-state index in [0.717, 1.165) is 42.9 Å². The van der Waals surface area contributed by atoms with Crippen molar-refractivity contribution in [3.05, 3.63) is 54.4 Å². The Bertz CT molecular complexity index is 823. The van der Waals surface area contributed by atoms with Gasteiger partial charge < -0.3 is 9.88 Å². The molecule has 0 radical (unpaired) electrons. The first-order chi connectivity index (χ1) is 13.3. The Kier molecular flexibility index (Phi) is 5.31. The number of nitrogens with zero attached hydrogens (tertiary/aromatic N) is 4. The van der Waals surface area contributed by atoms with Crippen LogP contribution >= 0.6 is 0 Å². The van der Waals surface area contributed by atoms with Crippen LogP contribution in [0.1, 0.15) is 37.5 Å². The third-order valence-electron chi connectivity index (χ3n) is 5.02. The first kappa shape index (κ1) is 17.9. The lowest BCUT2D eigenvalue weighted by Gasteiger charge is -2.32. The number of hydroxylamine groups is 2. The molecule has 1 aromatic heterocycles. The first-order valence-corrected chi connectivity index (χ1v) is 9.42. The van der Waals surface area contributed by atoms with E-state index in [1.54, 1.807) is 29.7 Å². The lowest BCUT2D eigenvalue weighted by atomic mass is 10.0. The van der Waals surface area contributed by atoms with Gasteiger partial charge >= 0.3 is 0 Å². The summed E-state index contributed by atoms with van der Waals surface area (Å²) in [5, 5.41) is 5.18. The van der Waals surface area contributed by atoms with E-state index in [0.29, 0.717) is 12.6 Å². The number of benzene rings is 1. The van der Waals surface area contributed by atoms with Crippen molar-refractivity contribution in [3.8, 4) is 11.3 Å². The van der Waals surface area contributed by atoms with E-state index in [1.807, 2.05) is 19.3 Å². The fraction of sp³-hybridized carbons (Fsp3) is 0.400. The van der Waals surface area contributed by atoms with Gasteiger partial charge in [-0.15, -0.1) is 0 Å². The van der Waals surface area contributed by atoms with E-state index >= 15 is 0 Å². The molecule has 1 aromatic carbocycles. The monoisotopic (exact) mass is 369 g/mol. The maximum Gasteiger partial charge on any atom is 0.123 e. The normalized spacial score (nSPS) is 20.4. The Morgan fingerprint density at radius 1 is 1.22 bits per heavy atom. The second-order valence-corrected chi connectivity index (χ2v) is 6.70. The molecule has 2 aromatic rings. The number of imidazole rings is 1. The van der Waals surface area contributed by atoms with Gasteiger partial charge in [-0.25, -0.2) is 19.4 Å². The van der Waals surface area contributed by atoms with Crippen molar-refractivity contribution in [2.45, 2.75) is 31.8 Å². The minimum atomic E-state index is -0.251. The molecule has 1 fully saturated rings. The molecular weight excluding hydrogens is 345 g/mol. The van der Waals surface area contributed by atoms with Crippen LogP contribution in [0.3, 0.4) is 0 Å². The van der Waals surface area contributed by atoms with E-state index in [2.05, 4.69) is 14.9 Å². The summed E-state index contributed by atoms with van der Waals surface area (Å²) in [5.41, 5.74) is 2.79. The number of hydrogen-bond acceptors (Lipinski definition) is 5. The molecule has 1 saturated heterocycles. The maximum atomic E-state index is 13.4. The predicted octanol–water partition coefficient (Wildman–Crippen LogP) is 3.46. The van der Waals surface area contributed by atoms with E-state index in [1.165, 1.54) is 12.1 Å². The van der Waals surface area contributed by atoms with Crippen LogP contribution in [-0.2, 0) is 4.84 Å². The summed E-state index contributed by atoms with van der Waals surface area (Å²) in [6.07, 6.45) is 9.50. The number of piperidine rings is 1. The SMILES string of the molecule is CCON1C=NC=CC1c1c(-c2ccc(F)cc2)ncn1C1CCNCC1. The molecule has 4 rings (SSSR count). The van der Waals surface area contributed by atoms with Crippen molar-refractivity contribution < 1.29 is 9.23 Å².